The Hall–Kier alpha value is -0.550. The highest BCUT2D eigenvalue weighted by atomic mass is 32.2. The van der Waals surface area contributed by atoms with Gasteiger partial charge in [0.2, 0.25) is 5.89 Å². The zero-order chi connectivity index (χ0) is 13.5. The van der Waals surface area contributed by atoms with Gasteiger partial charge in [0.05, 0.1) is 11.7 Å². The number of hydrogen-bond donors (Lipinski definition) is 1. The number of nitrogens with one attached hydrogen (secondary N) is 1. The van der Waals surface area contributed by atoms with Gasteiger partial charge in [0.15, 0.2) is 5.82 Å². The number of hydrogen-bond acceptors (Lipinski definition) is 5. The molecule has 2 unspecified atom stereocenters. The first-order valence-electron chi connectivity index (χ1n) is 6.65. The maximum absolute atomic E-state index is 5.38. The summed E-state index contributed by atoms with van der Waals surface area (Å²) in [6.07, 6.45) is 1.00. The van der Waals surface area contributed by atoms with Crippen molar-refractivity contribution >= 4 is 11.8 Å². The Bertz CT molecular complexity index is 341. The van der Waals surface area contributed by atoms with Crippen LogP contribution in [0.5, 0.6) is 0 Å². The van der Waals surface area contributed by atoms with Crippen LogP contribution in [0, 0.1) is 5.92 Å². The normalized spacial score (nSPS) is 15.0. The first-order chi connectivity index (χ1) is 8.58. The molecule has 4 nitrogen and oxygen atoms in total. The number of thioether (sulfide) groups is 1. The molecule has 1 N–H and O–H groups in total. The SMILES string of the molecule is CCC(c1nc(CSCC(C)C)no1)C(C)NC. The predicted octanol–water partition coefficient (Wildman–Crippen LogP) is 3.06. The Morgan fingerprint density at radius 3 is 2.61 bits per heavy atom. The molecule has 0 amide bonds. The Balaban J connectivity index is 2.55. The molecule has 0 fully saturated rings. The van der Waals surface area contributed by atoms with Crippen molar-refractivity contribution < 1.29 is 4.52 Å². The van der Waals surface area contributed by atoms with E-state index in [2.05, 4.69) is 43.2 Å². The van der Waals surface area contributed by atoms with E-state index >= 15 is 0 Å². The summed E-state index contributed by atoms with van der Waals surface area (Å²) in [5.41, 5.74) is 0. The average molecular weight is 271 g/mol. The van der Waals surface area contributed by atoms with E-state index < -0.39 is 0 Å². The van der Waals surface area contributed by atoms with Crippen molar-refractivity contribution in [3.8, 4) is 0 Å². The Labute approximate surface area is 114 Å². The van der Waals surface area contributed by atoms with Gasteiger partial charge in [0, 0.05) is 6.04 Å². The fourth-order valence-corrected chi connectivity index (χ4v) is 2.69. The van der Waals surface area contributed by atoms with Gasteiger partial charge in [0.25, 0.3) is 0 Å². The van der Waals surface area contributed by atoms with Crippen LogP contribution in [0.3, 0.4) is 0 Å². The molecule has 1 aromatic heterocycles. The molecule has 18 heavy (non-hydrogen) atoms. The summed E-state index contributed by atoms with van der Waals surface area (Å²) in [6, 6.07) is 0.353. The second kappa shape index (κ2) is 7.79. The van der Waals surface area contributed by atoms with Crippen molar-refractivity contribution in [2.45, 2.75) is 51.8 Å². The summed E-state index contributed by atoms with van der Waals surface area (Å²) in [6.45, 7) is 8.73. The summed E-state index contributed by atoms with van der Waals surface area (Å²) < 4.78 is 5.38. The molecule has 0 saturated heterocycles. The van der Waals surface area contributed by atoms with Gasteiger partial charge < -0.3 is 9.84 Å². The maximum atomic E-state index is 5.38. The van der Waals surface area contributed by atoms with Crippen LogP contribution in [0.15, 0.2) is 4.52 Å². The van der Waals surface area contributed by atoms with Crippen LogP contribution < -0.4 is 5.32 Å². The average Bonchev–Trinajstić information content (AvgIpc) is 2.78. The fraction of sp³-hybridized carbons (Fsp3) is 0.846. The van der Waals surface area contributed by atoms with E-state index in [0.29, 0.717) is 17.9 Å². The molecule has 0 aliphatic heterocycles. The molecule has 0 radical (unpaired) electrons. The van der Waals surface area contributed by atoms with Crippen molar-refractivity contribution in [1.29, 1.82) is 0 Å². The zero-order valence-corrected chi connectivity index (χ0v) is 12.9. The van der Waals surface area contributed by atoms with Crippen LogP contribution in [0.4, 0.5) is 0 Å². The van der Waals surface area contributed by atoms with Crippen LogP contribution in [-0.2, 0) is 5.75 Å². The van der Waals surface area contributed by atoms with Gasteiger partial charge in [0.1, 0.15) is 0 Å². The molecule has 0 saturated carbocycles. The molecule has 5 heteroatoms. The number of nitrogens with zero attached hydrogens (tertiary/aromatic N) is 2. The number of aromatic nitrogens is 2. The van der Waals surface area contributed by atoms with E-state index in [1.54, 1.807) is 0 Å². The maximum Gasteiger partial charge on any atom is 0.231 e. The van der Waals surface area contributed by atoms with E-state index in [0.717, 1.165) is 29.6 Å². The van der Waals surface area contributed by atoms with Crippen molar-refractivity contribution in [2.75, 3.05) is 12.8 Å². The molecule has 0 aromatic carbocycles. The van der Waals surface area contributed by atoms with Crippen molar-refractivity contribution in [3.63, 3.8) is 0 Å². The van der Waals surface area contributed by atoms with Gasteiger partial charge >= 0.3 is 0 Å². The largest absolute Gasteiger partial charge is 0.339 e. The lowest BCUT2D eigenvalue weighted by atomic mass is 9.98. The van der Waals surface area contributed by atoms with Crippen molar-refractivity contribution in [1.82, 2.24) is 15.5 Å². The molecule has 0 aliphatic rings. The minimum atomic E-state index is 0.298. The summed E-state index contributed by atoms with van der Waals surface area (Å²) in [7, 11) is 1.96. The quantitative estimate of drug-likeness (QED) is 0.787. The summed E-state index contributed by atoms with van der Waals surface area (Å²) in [5, 5.41) is 7.31. The third-order valence-electron chi connectivity index (χ3n) is 2.98. The lowest BCUT2D eigenvalue weighted by Gasteiger charge is -2.17. The third kappa shape index (κ3) is 4.61. The van der Waals surface area contributed by atoms with Crippen molar-refractivity contribution in [3.05, 3.63) is 11.7 Å². The van der Waals surface area contributed by atoms with Gasteiger partial charge in [-0.15, -0.1) is 0 Å². The van der Waals surface area contributed by atoms with Crippen LogP contribution in [0.25, 0.3) is 0 Å². The van der Waals surface area contributed by atoms with Gasteiger partial charge in [-0.1, -0.05) is 25.9 Å². The summed E-state index contributed by atoms with van der Waals surface area (Å²) in [4.78, 5) is 4.51. The van der Waals surface area contributed by atoms with Crippen LogP contribution >= 0.6 is 11.8 Å². The van der Waals surface area contributed by atoms with Gasteiger partial charge in [-0.2, -0.15) is 16.7 Å². The highest BCUT2D eigenvalue weighted by molar-refractivity contribution is 7.98. The summed E-state index contributed by atoms with van der Waals surface area (Å²) in [5.74, 6) is 4.55. The molecule has 1 heterocycles. The van der Waals surface area contributed by atoms with Crippen LogP contribution in [0.1, 0.15) is 51.7 Å². The van der Waals surface area contributed by atoms with E-state index in [9.17, 15) is 0 Å². The van der Waals surface area contributed by atoms with E-state index in [1.807, 2.05) is 18.8 Å². The Morgan fingerprint density at radius 2 is 2.06 bits per heavy atom. The Morgan fingerprint density at radius 1 is 1.33 bits per heavy atom. The topological polar surface area (TPSA) is 51.0 Å². The van der Waals surface area contributed by atoms with Crippen molar-refractivity contribution in [2.24, 2.45) is 5.92 Å². The number of likely N-dealkylation sites (N-methyl/N-ethyl adjacent to an activating group) is 1. The molecular weight excluding hydrogens is 246 g/mol. The van der Waals surface area contributed by atoms with Crippen LogP contribution in [0.2, 0.25) is 0 Å². The minimum Gasteiger partial charge on any atom is -0.339 e. The molecular formula is C13H25N3OS. The minimum absolute atomic E-state index is 0.298. The first-order valence-corrected chi connectivity index (χ1v) is 7.81. The lowest BCUT2D eigenvalue weighted by molar-refractivity contribution is 0.320. The monoisotopic (exact) mass is 271 g/mol. The molecule has 0 spiro atoms. The second-order valence-corrected chi connectivity index (χ2v) is 6.08. The first kappa shape index (κ1) is 15.5. The molecule has 104 valence electrons. The lowest BCUT2D eigenvalue weighted by Crippen LogP contribution is -2.28. The predicted molar refractivity (Wildman–Crippen MR) is 76.9 cm³/mol. The third-order valence-corrected chi connectivity index (χ3v) is 4.35. The van der Waals surface area contributed by atoms with E-state index in [1.165, 1.54) is 0 Å². The van der Waals surface area contributed by atoms with Gasteiger partial charge in [-0.3, -0.25) is 0 Å². The van der Waals surface area contributed by atoms with E-state index in [4.69, 9.17) is 4.52 Å². The molecule has 0 bridgehead atoms. The van der Waals surface area contributed by atoms with Crippen LogP contribution in [-0.4, -0.2) is 29.0 Å². The fourth-order valence-electron chi connectivity index (χ4n) is 1.81. The molecule has 0 aliphatic carbocycles. The van der Waals surface area contributed by atoms with E-state index in [-0.39, 0.29) is 0 Å². The highest BCUT2D eigenvalue weighted by Gasteiger charge is 2.22. The zero-order valence-electron chi connectivity index (χ0n) is 12.1. The second-order valence-electron chi connectivity index (χ2n) is 5.05. The summed E-state index contributed by atoms with van der Waals surface area (Å²) >= 11 is 1.86. The highest BCUT2D eigenvalue weighted by Crippen LogP contribution is 2.22. The Kier molecular flexibility index (Phi) is 6.71. The van der Waals surface area contributed by atoms with Gasteiger partial charge in [-0.05, 0) is 32.1 Å². The molecule has 1 aromatic rings. The molecule has 1 rings (SSSR count). The molecule has 2 atom stereocenters. The number of rotatable bonds is 8. The van der Waals surface area contributed by atoms with Gasteiger partial charge in [-0.25, -0.2) is 0 Å². The standard InChI is InChI=1S/C13H25N3OS/c1-6-11(10(4)14-5)13-15-12(16-17-13)8-18-7-9(2)3/h9-11,14H,6-8H2,1-5H3. The smallest absolute Gasteiger partial charge is 0.231 e.